The van der Waals surface area contributed by atoms with Crippen molar-refractivity contribution in [3.63, 3.8) is 0 Å². The number of nitrogens with one attached hydrogen (secondary N) is 1. The molecule has 2 heterocycles. The Morgan fingerprint density at radius 1 is 1.18 bits per heavy atom. The summed E-state index contributed by atoms with van der Waals surface area (Å²) in [7, 11) is 0. The zero-order chi connectivity index (χ0) is 20.4. The summed E-state index contributed by atoms with van der Waals surface area (Å²) >= 11 is 0. The van der Waals surface area contributed by atoms with Crippen LogP contribution in [0.15, 0.2) is 32.0 Å². The third kappa shape index (κ3) is 3.78. The monoisotopic (exact) mass is 385 g/mol. The minimum atomic E-state index is -1.06. The van der Waals surface area contributed by atoms with Gasteiger partial charge < -0.3 is 19.3 Å². The second-order valence-electron chi connectivity index (χ2n) is 7.00. The highest BCUT2D eigenvalue weighted by Gasteiger charge is 2.20. The SMILES string of the molecule is CCC[C@@H](NC(=O)CCc1c(C)c2cc3c(C)coc3cc2oc1=O)C(=O)O. The zero-order valence-electron chi connectivity index (χ0n) is 16.1. The number of furan rings is 1. The lowest BCUT2D eigenvalue weighted by Gasteiger charge is -2.13. The molecule has 148 valence electrons. The molecule has 0 aliphatic heterocycles. The van der Waals surface area contributed by atoms with E-state index in [1.165, 1.54) is 0 Å². The Bertz CT molecular complexity index is 1110. The van der Waals surface area contributed by atoms with E-state index in [0.29, 0.717) is 29.6 Å². The van der Waals surface area contributed by atoms with Crippen LogP contribution in [0.5, 0.6) is 0 Å². The summed E-state index contributed by atoms with van der Waals surface area (Å²) in [4.78, 5) is 35.8. The molecule has 28 heavy (non-hydrogen) atoms. The molecule has 1 amide bonds. The summed E-state index contributed by atoms with van der Waals surface area (Å²) in [5.41, 5.74) is 2.75. The third-order valence-electron chi connectivity index (χ3n) is 4.99. The number of hydrogen-bond donors (Lipinski definition) is 2. The van der Waals surface area contributed by atoms with E-state index in [1.54, 1.807) is 12.3 Å². The molecule has 0 bridgehead atoms. The molecule has 0 aliphatic carbocycles. The average molecular weight is 385 g/mol. The largest absolute Gasteiger partial charge is 0.480 e. The molecule has 2 N–H and O–H groups in total. The van der Waals surface area contributed by atoms with E-state index < -0.39 is 23.5 Å². The minimum absolute atomic E-state index is 0.0115. The Kier molecular flexibility index (Phi) is 5.53. The molecule has 1 aromatic carbocycles. The maximum atomic E-state index is 12.4. The van der Waals surface area contributed by atoms with E-state index in [0.717, 1.165) is 21.9 Å². The van der Waals surface area contributed by atoms with Crippen LogP contribution in [-0.2, 0) is 16.0 Å². The van der Waals surface area contributed by atoms with Gasteiger partial charge in [-0.25, -0.2) is 9.59 Å². The number of carboxylic acid groups (broad SMARTS) is 1. The maximum Gasteiger partial charge on any atom is 0.339 e. The summed E-state index contributed by atoms with van der Waals surface area (Å²) in [5.74, 6) is -1.46. The van der Waals surface area contributed by atoms with Gasteiger partial charge in [-0.05, 0) is 43.9 Å². The fourth-order valence-corrected chi connectivity index (χ4v) is 3.38. The quantitative estimate of drug-likeness (QED) is 0.603. The summed E-state index contributed by atoms with van der Waals surface area (Å²) < 4.78 is 10.9. The van der Waals surface area contributed by atoms with Crippen molar-refractivity contribution >= 4 is 33.8 Å². The first-order chi connectivity index (χ1) is 13.3. The van der Waals surface area contributed by atoms with E-state index in [2.05, 4.69) is 5.32 Å². The van der Waals surface area contributed by atoms with Crippen LogP contribution in [0.1, 0.15) is 42.9 Å². The fraction of sp³-hybridized carbons (Fsp3) is 0.381. The first-order valence-corrected chi connectivity index (χ1v) is 9.28. The molecule has 0 radical (unpaired) electrons. The van der Waals surface area contributed by atoms with Crippen LogP contribution in [0.4, 0.5) is 0 Å². The van der Waals surface area contributed by atoms with Gasteiger partial charge in [-0.3, -0.25) is 4.79 Å². The molecular weight excluding hydrogens is 362 g/mol. The molecule has 3 aromatic rings. The first-order valence-electron chi connectivity index (χ1n) is 9.28. The predicted octanol–water partition coefficient (Wildman–Crippen LogP) is 3.46. The average Bonchev–Trinajstić information content (AvgIpc) is 3.00. The van der Waals surface area contributed by atoms with Crippen LogP contribution in [0, 0.1) is 13.8 Å². The number of carbonyl (C=O) groups is 2. The van der Waals surface area contributed by atoms with Crippen LogP contribution < -0.4 is 10.9 Å². The normalized spacial score (nSPS) is 12.4. The lowest BCUT2D eigenvalue weighted by atomic mass is 10.0. The Morgan fingerprint density at radius 3 is 2.61 bits per heavy atom. The lowest BCUT2D eigenvalue weighted by Crippen LogP contribution is -2.40. The first kappa shape index (κ1) is 19.7. The van der Waals surface area contributed by atoms with Crippen molar-refractivity contribution in [2.75, 3.05) is 0 Å². The van der Waals surface area contributed by atoms with Crippen molar-refractivity contribution in [1.82, 2.24) is 5.32 Å². The van der Waals surface area contributed by atoms with Gasteiger partial charge in [0.15, 0.2) is 0 Å². The number of benzene rings is 1. The molecule has 0 saturated heterocycles. The molecule has 0 saturated carbocycles. The number of aliphatic carboxylic acids is 1. The highest BCUT2D eigenvalue weighted by atomic mass is 16.4. The number of fused-ring (bicyclic) bond motifs is 2. The van der Waals surface area contributed by atoms with Gasteiger partial charge in [0.25, 0.3) is 0 Å². The van der Waals surface area contributed by atoms with Gasteiger partial charge in [0.1, 0.15) is 17.2 Å². The van der Waals surface area contributed by atoms with E-state index >= 15 is 0 Å². The van der Waals surface area contributed by atoms with Crippen molar-refractivity contribution in [2.45, 2.75) is 52.5 Å². The molecule has 0 fully saturated rings. The van der Waals surface area contributed by atoms with Crippen LogP contribution in [0.25, 0.3) is 21.9 Å². The Morgan fingerprint density at radius 2 is 1.93 bits per heavy atom. The topological polar surface area (TPSA) is 110 Å². The zero-order valence-corrected chi connectivity index (χ0v) is 16.1. The van der Waals surface area contributed by atoms with E-state index in [-0.39, 0.29) is 12.8 Å². The molecule has 3 rings (SSSR count). The smallest absolute Gasteiger partial charge is 0.339 e. The summed E-state index contributed by atoms with van der Waals surface area (Å²) in [6.45, 7) is 5.61. The second kappa shape index (κ2) is 7.88. The van der Waals surface area contributed by atoms with Gasteiger partial charge in [0.05, 0.1) is 6.26 Å². The molecule has 0 aliphatic rings. The Balaban J connectivity index is 1.85. The number of aryl methyl sites for hydroxylation is 2. The third-order valence-corrected chi connectivity index (χ3v) is 4.99. The van der Waals surface area contributed by atoms with Crippen molar-refractivity contribution in [2.24, 2.45) is 0 Å². The van der Waals surface area contributed by atoms with Crippen molar-refractivity contribution in [1.29, 1.82) is 0 Å². The summed E-state index contributed by atoms with van der Waals surface area (Å²) in [6, 6.07) is 2.71. The van der Waals surface area contributed by atoms with Gasteiger partial charge in [0, 0.05) is 28.8 Å². The summed E-state index contributed by atoms with van der Waals surface area (Å²) in [5, 5.41) is 13.4. The molecule has 1 atom stereocenters. The van der Waals surface area contributed by atoms with Crippen molar-refractivity contribution in [3.05, 3.63) is 45.5 Å². The van der Waals surface area contributed by atoms with Gasteiger partial charge in [-0.15, -0.1) is 0 Å². The standard InChI is InChI=1S/C21H23NO6/c1-4-5-16(20(24)25)22-19(23)7-6-13-12(3)15-8-14-11(2)10-27-17(14)9-18(15)28-21(13)26/h8-10,16H,4-7H2,1-3H3,(H,22,23)(H,24,25)/t16-/m1/s1. The molecule has 0 spiro atoms. The Labute approximate surface area is 161 Å². The molecular formula is C21H23NO6. The minimum Gasteiger partial charge on any atom is -0.480 e. The van der Waals surface area contributed by atoms with Gasteiger partial charge in [-0.1, -0.05) is 13.3 Å². The highest BCUT2D eigenvalue weighted by molar-refractivity contribution is 5.96. The maximum absolute atomic E-state index is 12.4. The molecule has 7 heteroatoms. The van der Waals surface area contributed by atoms with Gasteiger partial charge in [-0.2, -0.15) is 0 Å². The summed E-state index contributed by atoms with van der Waals surface area (Å²) in [6.07, 6.45) is 2.84. The van der Waals surface area contributed by atoms with Crippen LogP contribution in [0.2, 0.25) is 0 Å². The van der Waals surface area contributed by atoms with E-state index in [9.17, 15) is 14.4 Å². The molecule has 2 aromatic heterocycles. The number of carboxylic acids is 1. The van der Waals surface area contributed by atoms with Crippen LogP contribution in [0.3, 0.4) is 0 Å². The van der Waals surface area contributed by atoms with Crippen LogP contribution >= 0.6 is 0 Å². The molecule has 0 unspecified atom stereocenters. The fourth-order valence-electron chi connectivity index (χ4n) is 3.38. The lowest BCUT2D eigenvalue weighted by molar-refractivity contribution is -0.142. The van der Waals surface area contributed by atoms with Crippen molar-refractivity contribution in [3.8, 4) is 0 Å². The van der Waals surface area contributed by atoms with E-state index in [4.69, 9.17) is 13.9 Å². The Hall–Kier alpha value is -3.09. The van der Waals surface area contributed by atoms with E-state index in [1.807, 2.05) is 26.8 Å². The van der Waals surface area contributed by atoms with Gasteiger partial charge in [0.2, 0.25) is 5.91 Å². The highest BCUT2D eigenvalue weighted by Crippen LogP contribution is 2.29. The number of carbonyl (C=O) groups excluding carboxylic acids is 1. The second-order valence-corrected chi connectivity index (χ2v) is 7.00. The number of hydrogen-bond acceptors (Lipinski definition) is 5. The van der Waals surface area contributed by atoms with Crippen molar-refractivity contribution < 1.29 is 23.5 Å². The number of rotatable bonds is 7. The van der Waals surface area contributed by atoms with Gasteiger partial charge >= 0.3 is 11.6 Å². The van der Waals surface area contributed by atoms with Crippen LogP contribution in [-0.4, -0.2) is 23.0 Å². The molecule has 7 nitrogen and oxygen atoms in total. The predicted molar refractivity (Wildman–Crippen MR) is 105 cm³/mol. The number of amides is 1.